The zero-order valence-corrected chi connectivity index (χ0v) is 16.2. The van der Waals surface area contributed by atoms with Crippen molar-refractivity contribution in [2.45, 2.75) is 32.5 Å². The van der Waals surface area contributed by atoms with E-state index in [1.165, 1.54) is 6.07 Å². The molecule has 0 saturated carbocycles. The molecule has 2 nitrogen and oxygen atoms in total. The lowest BCUT2D eigenvalue weighted by Crippen LogP contribution is -2.04. The molecule has 0 aromatic heterocycles. The molecule has 0 saturated heterocycles. The first-order valence-electron chi connectivity index (χ1n) is 9.37. The van der Waals surface area contributed by atoms with Gasteiger partial charge in [0.25, 0.3) is 0 Å². The molecule has 30 heavy (non-hydrogen) atoms. The molecular weight excluding hydrogens is 403 g/mol. The van der Waals surface area contributed by atoms with E-state index in [1.807, 2.05) is 13.8 Å². The highest BCUT2D eigenvalue weighted by molar-refractivity contribution is 5.65. The van der Waals surface area contributed by atoms with Gasteiger partial charge in [-0.1, -0.05) is 32.0 Å². The summed E-state index contributed by atoms with van der Waals surface area (Å²) in [6.45, 7) is 4.00. The van der Waals surface area contributed by atoms with Crippen LogP contribution in [-0.2, 0) is 12.6 Å². The highest BCUT2D eigenvalue weighted by Crippen LogP contribution is 2.41. The Hall–Kier alpha value is -3.09. The van der Waals surface area contributed by atoms with E-state index in [-0.39, 0.29) is 12.0 Å². The Labute approximate surface area is 170 Å². The maximum Gasteiger partial charge on any atom is 0.416 e. The summed E-state index contributed by atoms with van der Waals surface area (Å²) in [6, 6.07) is 12.1. The van der Waals surface area contributed by atoms with Gasteiger partial charge in [-0.3, -0.25) is 0 Å². The number of aromatic hydroxyl groups is 1. The molecule has 0 fully saturated rings. The third kappa shape index (κ3) is 4.25. The van der Waals surface area contributed by atoms with Gasteiger partial charge in [0.15, 0.2) is 17.4 Å². The van der Waals surface area contributed by atoms with Gasteiger partial charge in [-0.2, -0.15) is 13.2 Å². The number of hydrogen-bond acceptors (Lipinski definition) is 2. The Bertz CT molecular complexity index is 1040. The summed E-state index contributed by atoms with van der Waals surface area (Å²) in [5.74, 6) is -2.82. The van der Waals surface area contributed by atoms with Gasteiger partial charge in [-0.25, -0.2) is 8.78 Å². The predicted molar refractivity (Wildman–Crippen MR) is 103 cm³/mol. The maximum atomic E-state index is 13.6. The summed E-state index contributed by atoms with van der Waals surface area (Å²) in [5, 5.41) is 9.23. The first-order valence-corrected chi connectivity index (χ1v) is 9.37. The van der Waals surface area contributed by atoms with E-state index < -0.39 is 35.2 Å². The fourth-order valence-electron chi connectivity index (χ4n) is 3.26. The molecule has 7 heteroatoms. The third-order valence-corrected chi connectivity index (χ3v) is 4.67. The second-order valence-corrected chi connectivity index (χ2v) is 6.54. The van der Waals surface area contributed by atoms with Crippen LogP contribution in [0.2, 0.25) is 0 Å². The van der Waals surface area contributed by atoms with Gasteiger partial charge in [0.1, 0.15) is 11.9 Å². The summed E-state index contributed by atoms with van der Waals surface area (Å²) in [7, 11) is 0. The fraction of sp³-hybridized carbons (Fsp3) is 0.217. The number of phenolic OH excluding ortho intramolecular Hbond substituents is 1. The molecule has 0 spiro atoms. The van der Waals surface area contributed by atoms with Crippen molar-refractivity contribution in [3.8, 4) is 22.6 Å². The fourth-order valence-corrected chi connectivity index (χ4v) is 3.26. The van der Waals surface area contributed by atoms with Crippen molar-refractivity contribution in [3.63, 3.8) is 0 Å². The topological polar surface area (TPSA) is 29.5 Å². The van der Waals surface area contributed by atoms with Crippen LogP contribution < -0.4 is 4.74 Å². The molecule has 0 aliphatic carbocycles. The molecule has 3 aromatic carbocycles. The Morgan fingerprint density at radius 2 is 1.57 bits per heavy atom. The minimum absolute atomic E-state index is 0.226. The molecule has 1 aliphatic rings. The van der Waals surface area contributed by atoms with Gasteiger partial charge < -0.3 is 9.84 Å². The Morgan fingerprint density at radius 1 is 0.900 bits per heavy atom. The van der Waals surface area contributed by atoms with Gasteiger partial charge in [-0.15, -0.1) is 0 Å². The number of benzene rings is 3. The van der Waals surface area contributed by atoms with Crippen LogP contribution in [0.4, 0.5) is 22.0 Å². The molecule has 1 atom stereocenters. The SMILES string of the molecule is CC.Oc1c(F)cc(-c2cccc(C3Cc4cc(C(F)(F)F)ccc4O3)c2)cc1F. The quantitative estimate of drug-likeness (QED) is 0.448. The minimum atomic E-state index is -4.43. The van der Waals surface area contributed by atoms with Crippen LogP contribution in [0.15, 0.2) is 54.6 Å². The number of ether oxygens (including phenoxy) is 1. The van der Waals surface area contributed by atoms with Crippen LogP contribution in [0.5, 0.6) is 11.5 Å². The molecule has 1 aliphatic heterocycles. The van der Waals surface area contributed by atoms with Gasteiger partial charge in [0, 0.05) is 6.42 Å². The van der Waals surface area contributed by atoms with Crippen molar-refractivity contribution in [2.24, 2.45) is 0 Å². The second-order valence-electron chi connectivity index (χ2n) is 6.54. The Morgan fingerprint density at radius 3 is 2.20 bits per heavy atom. The third-order valence-electron chi connectivity index (χ3n) is 4.67. The monoisotopic (exact) mass is 422 g/mol. The summed E-state index contributed by atoms with van der Waals surface area (Å²) < 4.78 is 71.7. The van der Waals surface area contributed by atoms with Crippen LogP contribution in [0, 0.1) is 11.6 Å². The summed E-state index contributed by atoms with van der Waals surface area (Å²) in [6.07, 6.45) is -4.69. The van der Waals surface area contributed by atoms with Crippen LogP contribution in [0.1, 0.15) is 36.6 Å². The molecule has 1 N–H and O–H groups in total. The smallest absolute Gasteiger partial charge is 0.416 e. The van der Waals surface area contributed by atoms with Crippen molar-refractivity contribution >= 4 is 0 Å². The van der Waals surface area contributed by atoms with Crippen molar-refractivity contribution in [3.05, 3.63) is 82.9 Å². The second kappa shape index (κ2) is 8.34. The number of fused-ring (bicyclic) bond motifs is 1. The van der Waals surface area contributed by atoms with E-state index in [0.717, 1.165) is 24.3 Å². The molecule has 0 amide bonds. The maximum absolute atomic E-state index is 13.6. The summed E-state index contributed by atoms with van der Waals surface area (Å²) in [5.41, 5.74) is 1.10. The summed E-state index contributed by atoms with van der Waals surface area (Å²) >= 11 is 0. The average Bonchev–Trinajstić information content (AvgIpc) is 3.16. The molecule has 0 bridgehead atoms. The van der Waals surface area contributed by atoms with Gasteiger partial charge in [0.05, 0.1) is 5.56 Å². The first-order chi connectivity index (χ1) is 14.2. The van der Waals surface area contributed by atoms with Crippen molar-refractivity contribution in [1.29, 1.82) is 0 Å². The molecule has 158 valence electrons. The lowest BCUT2D eigenvalue weighted by atomic mass is 9.97. The van der Waals surface area contributed by atoms with E-state index in [1.54, 1.807) is 24.3 Å². The Kier molecular flexibility index (Phi) is 6.01. The number of hydrogen-bond donors (Lipinski definition) is 1. The molecule has 0 radical (unpaired) electrons. The van der Waals surface area contributed by atoms with Gasteiger partial charge in [-0.05, 0) is 58.7 Å². The van der Waals surface area contributed by atoms with Gasteiger partial charge in [0.2, 0.25) is 0 Å². The predicted octanol–water partition coefficient (Wildman–Crippen LogP) is 7.06. The van der Waals surface area contributed by atoms with Crippen molar-refractivity contribution in [1.82, 2.24) is 0 Å². The molecule has 1 heterocycles. The molecule has 4 rings (SSSR count). The van der Waals surface area contributed by atoms with E-state index in [4.69, 9.17) is 4.74 Å². The normalized spacial score (nSPS) is 15.1. The van der Waals surface area contributed by atoms with E-state index in [9.17, 15) is 27.1 Å². The standard InChI is InChI=1S/C21H13F5O2.C2H6/c22-16-8-13(9-17(23)20(16)27)11-2-1-3-12(6-11)19-10-14-7-15(21(24,25)26)4-5-18(14)28-19;1-2/h1-9,19,27H,10H2;1-2H3. The zero-order valence-electron chi connectivity index (χ0n) is 16.2. The summed E-state index contributed by atoms with van der Waals surface area (Å²) in [4.78, 5) is 0. The van der Waals surface area contributed by atoms with Crippen LogP contribution in [0.3, 0.4) is 0 Å². The molecule has 1 unspecified atom stereocenters. The van der Waals surface area contributed by atoms with Crippen LogP contribution in [0.25, 0.3) is 11.1 Å². The Balaban J connectivity index is 0.00000124. The average molecular weight is 422 g/mol. The largest absolute Gasteiger partial charge is 0.503 e. The molecule has 3 aromatic rings. The number of rotatable bonds is 2. The van der Waals surface area contributed by atoms with Crippen LogP contribution in [-0.4, -0.2) is 5.11 Å². The number of alkyl halides is 3. The van der Waals surface area contributed by atoms with Crippen molar-refractivity contribution in [2.75, 3.05) is 0 Å². The van der Waals surface area contributed by atoms with Crippen molar-refractivity contribution < 1.29 is 31.8 Å². The highest BCUT2D eigenvalue weighted by Gasteiger charge is 2.33. The minimum Gasteiger partial charge on any atom is -0.503 e. The lowest BCUT2D eigenvalue weighted by molar-refractivity contribution is -0.137. The van der Waals surface area contributed by atoms with Gasteiger partial charge >= 0.3 is 6.18 Å². The van der Waals surface area contributed by atoms with Crippen LogP contribution >= 0.6 is 0 Å². The highest BCUT2D eigenvalue weighted by atomic mass is 19.4. The van der Waals surface area contributed by atoms with E-state index in [2.05, 4.69) is 0 Å². The first kappa shape index (κ1) is 21.6. The molecular formula is C23H19F5O2. The zero-order chi connectivity index (χ0) is 22.1. The van der Waals surface area contributed by atoms with E-state index >= 15 is 0 Å². The number of halogens is 5. The number of phenols is 1. The van der Waals surface area contributed by atoms with E-state index in [0.29, 0.717) is 22.4 Å². The lowest BCUT2D eigenvalue weighted by Gasteiger charge is -2.13.